The quantitative estimate of drug-likeness (QED) is 0.846. The summed E-state index contributed by atoms with van der Waals surface area (Å²) in [6.45, 7) is 2.04. The first-order chi connectivity index (χ1) is 7.74. The van der Waals surface area contributed by atoms with Crippen molar-refractivity contribution in [2.45, 2.75) is 13.3 Å². The second-order valence-corrected chi connectivity index (χ2v) is 3.50. The minimum absolute atomic E-state index is 0.820. The third-order valence-electron chi connectivity index (χ3n) is 2.43. The number of anilines is 1. The Kier molecular flexibility index (Phi) is 2.85. The number of nitrogens with zero attached hydrogens (tertiary/aromatic N) is 4. The van der Waals surface area contributed by atoms with E-state index in [0.717, 1.165) is 29.5 Å². The maximum Gasteiger partial charge on any atom is 0.131 e. The summed E-state index contributed by atoms with van der Waals surface area (Å²) in [6.07, 6.45) is 2.59. The molecule has 0 amide bonds. The fourth-order valence-electron chi connectivity index (χ4n) is 1.54. The lowest BCUT2D eigenvalue weighted by atomic mass is 10.2. The fourth-order valence-corrected chi connectivity index (χ4v) is 1.54. The van der Waals surface area contributed by atoms with Gasteiger partial charge in [0.15, 0.2) is 0 Å². The van der Waals surface area contributed by atoms with Gasteiger partial charge in [0.05, 0.1) is 11.4 Å². The summed E-state index contributed by atoms with van der Waals surface area (Å²) in [5.74, 6) is 1.67. The summed E-state index contributed by atoms with van der Waals surface area (Å²) in [7, 11) is 3.76. The van der Waals surface area contributed by atoms with Gasteiger partial charge in [-0.1, -0.05) is 6.92 Å². The summed E-state index contributed by atoms with van der Waals surface area (Å²) in [5, 5.41) is 7.18. The first kappa shape index (κ1) is 10.6. The lowest BCUT2D eigenvalue weighted by Gasteiger charge is -2.06. The van der Waals surface area contributed by atoms with Crippen LogP contribution in [0.3, 0.4) is 0 Å². The van der Waals surface area contributed by atoms with Crippen molar-refractivity contribution in [3.8, 4) is 11.4 Å². The highest BCUT2D eigenvalue weighted by molar-refractivity contribution is 5.58. The van der Waals surface area contributed by atoms with Crippen LogP contribution < -0.4 is 5.32 Å². The van der Waals surface area contributed by atoms with E-state index in [-0.39, 0.29) is 0 Å². The molecule has 0 fully saturated rings. The zero-order valence-electron chi connectivity index (χ0n) is 9.73. The molecule has 5 nitrogen and oxygen atoms in total. The third kappa shape index (κ3) is 1.88. The largest absolute Gasteiger partial charge is 0.373 e. The smallest absolute Gasteiger partial charge is 0.131 e. The molecular weight excluding hydrogens is 202 g/mol. The summed E-state index contributed by atoms with van der Waals surface area (Å²) < 4.78 is 1.81. The van der Waals surface area contributed by atoms with E-state index in [4.69, 9.17) is 0 Å². The normalized spacial score (nSPS) is 10.4. The Balaban J connectivity index is 2.52. The van der Waals surface area contributed by atoms with E-state index in [1.807, 2.05) is 33.2 Å². The summed E-state index contributed by atoms with van der Waals surface area (Å²) in [4.78, 5) is 8.85. The number of aromatic nitrogens is 4. The predicted octanol–water partition coefficient (Wildman–Crippen LogP) is 1.48. The average Bonchev–Trinajstić information content (AvgIpc) is 2.74. The van der Waals surface area contributed by atoms with Crippen LogP contribution in [0.1, 0.15) is 12.7 Å². The van der Waals surface area contributed by atoms with Gasteiger partial charge in [-0.2, -0.15) is 5.10 Å². The van der Waals surface area contributed by atoms with Crippen LogP contribution in [0.25, 0.3) is 11.4 Å². The van der Waals surface area contributed by atoms with Gasteiger partial charge in [0.25, 0.3) is 0 Å². The third-order valence-corrected chi connectivity index (χ3v) is 2.43. The number of rotatable bonds is 3. The van der Waals surface area contributed by atoms with Crippen molar-refractivity contribution < 1.29 is 0 Å². The first-order valence-electron chi connectivity index (χ1n) is 5.28. The van der Waals surface area contributed by atoms with Crippen LogP contribution in [-0.2, 0) is 13.5 Å². The van der Waals surface area contributed by atoms with Gasteiger partial charge in [-0.05, 0) is 6.07 Å². The van der Waals surface area contributed by atoms with Crippen molar-refractivity contribution in [3.63, 3.8) is 0 Å². The van der Waals surface area contributed by atoms with E-state index < -0.39 is 0 Å². The molecule has 84 valence electrons. The summed E-state index contributed by atoms with van der Waals surface area (Å²) >= 11 is 0. The molecule has 2 aromatic heterocycles. The molecule has 0 unspecified atom stereocenters. The average molecular weight is 217 g/mol. The van der Waals surface area contributed by atoms with Gasteiger partial charge in [0.1, 0.15) is 11.6 Å². The lowest BCUT2D eigenvalue weighted by molar-refractivity contribution is 0.771. The Hall–Kier alpha value is -1.91. The molecular formula is C11H15N5. The topological polar surface area (TPSA) is 55.6 Å². The molecule has 2 heterocycles. The van der Waals surface area contributed by atoms with E-state index in [0.29, 0.717) is 0 Å². The highest BCUT2D eigenvalue weighted by Gasteiger charge is 2.07. The molecule has 16 heavy (non-hydrogen) atoms. The predicted molar refractivity (Wildman–Crippen MR) is 63.2 cm³/mol. The molecule has 2 rings (SSSR count). The zero-order chi connectivity index (χ0) is 11.5. The van der Waals surface area contributed by atoms with Gasteiger partial charge >= 0.3 is 0 Å². The van der Waals surface area contributed by atoms with Gasteiger partial charge in [0, 0.05) is 32.8 Å². The summed E-state index contributed by atoms with van der Waals surface area (Å²) in [5.41, 5.74) is 1.89. The lowest BCUT2D eigenvalue weighted by Crippen LogP contribution is -2.03. The molecule has 0 spiro atoms. The van der Waals surface area contributed by atoms with E-state index in [1.165, 1.54) is 0 Å². The van der Waals surface area contributed by atoms with Gasteiger partial charge in [-0.3, -0.25) is 4.68 Å². The molecule has 0 aliphatic carbocycles. The highest BCUT2D eigenvalue weighted by Crippen LogP contribution is 2.18. The van der Waals surface area contributed by atoms with Crippen LogP contribution in [0.5, 0.6) is 0 Å². The molecule has 5 heteroatoms. The molecule has 0 saturated carbocycles. The van der Waals surface area contributed by atoms with Crippen LogP contribution in [0, 0.1) is 0 Å². The minimum Gasteiger partial charge on any atom is -0.373 e. The van der Waals surface area contributed by atoms with Gasteiger partial charge in [-0.25, -0.2) is 9.97 Å². The molecule has 0 radical (unpaired) electrons. The Morgan fingerprint density at radius 1 is 1.38 bits per heavy atom. The fraction of sp³-hybridized carbons (Fsp3) is 0.364. The number of hydrogen-bond acceptors (Lipinski definition) is 4. The van der Waals surface area contributed by atoms with Crippen molar-refractivity contribution in [1.29, 1.82) is 0 Å². The highest BCUT2D eigenvalue weighted by atomic mass is 15.3. The molecule has 0 saturated heterocycles. The van der Waals surface area contributed by atoms with Crippen molar-refractivity contribution in [2.24, 2.45) is 7.05 Å². The molecule has 0 bridgehead atoms. The second kappa shape index (κ2) is 4.30. The molecule has 0 aliphatic rings. The molecule has 0 aromatic carbocycles. The van der Waals surface area contributed by atoms with Crippen molar-refractivity contribution >= 4 is 5.82 Å². The van der Waals surface area contributed by atoms with Crippen molar-refractivity contribution in [2.75, 3.05) is 12.4 Å². The number of nitrogens with one attached hydrogen (secondary N) is 1. The van der Waals surface area contributed by atoms with Gasteiger partial charge in [-0.15, -0.1) is 0 Å². The van der Waals surface area contributed by atoms with Crippen LogP contribution in [-0.4, -0.2) is 26.8 Å². The SMILES string of the molecule is CCc1nc(NC)cc(-c2ccnn2C)n1. The number of hydrogen-bond donors (Lipinski definition) is 1. The van der Waals surface area contributed by atoms with E-state index in [1.54, 1.807) is 10.9 Å². The van der Waals surface area contributed by atoms with Gasteiger partial charge in [0.2, 0.25) is 0 Å². The van der Waals surface area contributed by atoms with Gasteiger partial charge < -0.3 is 5.32 Å². The first-order valence-corrected chi connectivity index (χ1v) is 5.28. The summed E-state index contributed by atoms with van der Waals surface area (Å²) in [6, 6.07) is 3.87. The van der Waals surface area contributed by atoms with Crippen LogP contribution in [0.15, 0.2) is 18.3 Å². The van der Waals surface area contributed by atoms with E-state index in [9.17, 15) is 0 Å². The second-order valence-electron chi connectivity index (χ2n) is 3.50. The Morgan fingerprint density at radius 2 is 2.19 bits per heavy atom. The minimum atomic E-state index is 0.820. The van der Waals surface area contributed by atoms with Crippen LogP contribution in [0.4, 0.5) is 5.82 Å². The van der Waals surface area contributed by atoms with Crippen LogP contribution in [0.2, 0.25) is 0 Å². The maximum absolute atomic E-state index is 4.49. The van der Waals surface area contributed by atoms with Crippen LogP contribution >= 0.6 is 0 Å². The molecule has 0 atom stereocenters. The van der Waals surface area contributed by atoms with E-state index >= 15 is 0 Å². The van der Waals surface area contributed by atoms with E-state index in [2.05, 4.69) is 20.4 Å². The number of aryl methyl sites for hydroxylation is 2. The maximum atomic E-state index is 4.49. The Morgan fingerprint density at radius 3 is 2.75 bits per heavy atom. The molecule has 0 aliphatic heterocycles. The Bertz CT molecular complexity index is 467. The van der Waals surface area contributed by atoms with Crippen molar-refractivity contribution in [3.05, 3.63) is 24.2 Å². The zero-order valence-corrected chi connectivity index (χ0v) is 9.73. The molecule has 2 aromatic rings. The molecule has 1 N–H and O–H groups in total. The monoisotopic (exact) mass is 217 g/mol. The Labute approximate surface area is 94.5 Å². The van der Waals surface area contributed by atoms with Crippen molar-refractivity contribution in [1.82, 2.24) is 19.7 Å². The standard InChI is InChI=1S/C11H15N5/c1-4-10-14-8(7-11(12-2)15-10)9-5-6-13-16(9)3/h5-7H,4H2,1-3H3,(H,12,14,15).